The number of hydrogen-bond acceptors (Lipinski definition) is 3. The topological polar surface area (TPSA) is 63.5 Å². The zero-order valence-electron chi connectivity index (χ0n) is 15.7. The molecule has 0 aliphatic carbocycles. The SMILES string of the molecule is CN=C(NCCOc1ccc(C)cc1)NCc1ccn(-c2ccccc2)n1. The van der Waals surface area contributed by atoms with Gasteiger partial charge in [-0.1, -0.05) is 35.9 Å². The van der Waals surface area contributed by atoms with Crippen molar-refractivity contribution >= 4 is 5.96 Å². The van der Waals surface area contributed by atoms with Gasteiger partial charge in [0.25, 0.3) is 0 Å². The Morgan fingerprint density at radius 2 is 1.81 bits per heavy atom. The first kappa shape index (κ1) is 18.5. The molecule has 0 aliphatic rings. The lowest BCUT2D eigenvalue weighted by atomic mass is 10.2. The van der Waals surface area contributed by atoms with E-state index in [4.69, 9.17) is 4.74 Å². The molecule has 3 aromatic rings. The lowest BCUT2D eigenvalue weighted by Crippen LogP contribution is -2.39. The largest absolute Gasteiger partial charge is 0.492 e. The number of hydrogen-bond donors (Lipinski definition) is 2. The molecule has 6 heteroatoms. The standard InChI is InChI=1S/C21H25N5O/c1-17-8-10-20(11-9-17)27-15-13-23-21(22-2)24-16-18-12-14-26(25-18)19-6-4-3-5-7-19/h3-12,14H,13,15-16H2,1-2H3,(H2,22,23,24). The van der Waals surface area contributed by atoms with Crippen LogP contribution in [0.1, 0.15) is 11.3 Å². The van der Waals surface area contributed by atoms with Gasteiger partial charge in [-0.3, -0.25) is 4.99 Å². The van der Waals surface area contributed by atoms with Crippen LogP contribution in [0.3, 0.4) is 0 Å². The molecule has 2 aromatic carbocycles. The highest BCUT2D eigenvalue weighted by Crippen LogP contribution is 2.10. The van der Waals surface area contributed by atoms with Gasteiger partial charge in [0.2, 0.25) is 0 Å². The van der Waals surface area contributed by atoms with Crippen LogP contribution in [0.4, 0.5) is 0 Å². The third kappa shape index (κ3) is 5.60. The minimum atomic E-state index is 0.562. The van der Waals surface area contributed by atoms with Gasteiger partial charge >= 0.3 is 0 Å². The maximum atomic E-state index is 5.71. The maximum Gasteiger partial charge on any atom is 0.191 e. The summed E-state index contributed by atoms with van der Waals surface area (Å²) in [6.07, 6.45) is 1.96. The number of benzene rings is 2. The summed E-state index contributed by atoms with van der Waals surface area (Å²) in [4.78, 5) is 4.23. The van der Waals surface area contributed by atoms with Crippen molar-refractivity contribution in [3.05, 3.63) is 78.1 Å². The van der Waals surface area contributed by atoms with Gasteiger partial charge in [-0.15, -0.1) is 0 Å². The van der Waals surface area contributed by atoms with Crippen molar-refractivity contribution in [1.82, 2.24) is 20.4 Å². The Bertz CT molecular complexity index is 856. The van der Waals surface area contributed by atoms with Gasteiger partial charge in [0.15, 0.2) is 5.96 Å². The molecule has 0 spiro atoms. The van der Waals surface area contributed by atoms with Gasteiger partial charge in [-0.2, -0.15) is 5.10 Å². The van der Waals surface area contributed by atoms with Crippen molar-refractivity contribution in [2.75, 3.05) is 20.2 Å². The fourth-order valence-corrected chi connectivity index (χ4v) is 2.55. The quantitative estimate of drug-likeness (QED) is 0.385. The van der Waals surface area contributed by atoms with Crippen LogP contribution in [-0.2, 0) is 6.54 Å². The fourth-order valence-electron chi connectivity index (χ4n) is 2.55. The number of nitrogens with zero attached hydrogens (tertiary/aromatic N) is 3. The van der Waals surface area contributed by atoms with Gasteiger partial charge in [-0.05, 0) is 37.3 Å². The molecule has 0 saturated heterocycles. The predicted octanol–water partition coefficient (Wildman–Crippen LogP) is 2.92. The van der Waals surface area contributed by atoms with E-state index in [0.717, 1.165) is 23.1 Å². The van der Waals surface area contributed by atoms with E-state index in [0.29, 0.717) is 19.7 Å². The Hall–Kier alpha value is -3.28. The van der Waals surface area contributed by atoms with E-state index in [1.807, 2.05) is 71.5 Å². The second-order valence-corrected chi connectivity index (χ2v) is 6.10. The minimum Gasteiger partial charge on any atom is -0.492 e. The van der Waals surface area contributed by atoms with Crippen LogP contribution in [0.5, 0.6) is 5.75 Å². The Morgan fingerprint density at radius 1 is 1.04 bits per heavy atom. The van der Waals surface area contributed by atoms with Crippen LogP contribution in [0.15, 0.2) is 71.9 Å². The second kappa shape index (κ2) is 9.43. The van der Waals surface area contributed by atoms with Crippen LogP contribution >= 0.6 is 0 Å². The molecule has 140 valence electrons. The predicted molar refractivity (Wildman–Crippen MR) is 108 cm³/mol. The molecule has 0 fully saturated rings. The zero-order chi connectivity index (χ0) is 18.9. The third-order valence-electron chi connectivity index (χ3n) is 4.01. The summed E-state index contributed by atoms with van der Waals surface area (Å²) in [6.45, 7) is 3.88. The van der Waals surface area contributed by atoms with Crippen molar-refractivity contribution in [3.63, 3.8) is 0 Å². The molecular weight excluding hydrogens is 338 g/mol. The van der Waals surface area contributed by atoms with Gasteiger partial charge in [-0.25, -0.2) is 4.68 Å². The van der Waals surface area contributed by atoms with Crippen LogP contribution in [0, 0.1) is 6.92 Å². The van der Waals surface area contributed by atoms with Gasteiger partial charge in [0.1, 0.15) is 12.4 Å². The second-order valence-electron chi connectivity index (χ2n) is 6.10. The van der Waals surface area contributed by atoms with E-state index in [1.165, 1.54) is 5.56 Å². The third-order valence-corrected chi connectivity index (χ3v) is 4.01. The molecule has 1 heterocycles. The van der Waals surface area contributed by atoms with E-state index in [-0.39, 0.29) is 0 Å². The first-order valence-corrected chi connectivity index (χ1v) is 8.98. The van der Waals surface area contributed by atoms with Crippen molar-refractivity contribution in [2.45, 2.75) is 13.5 Å². The molecule has 6 nitrogen and oxygen atoms in total. The van der Waals surface area contributed by atoms with E-state index in [1.54, 1.807) is 7.05 Å². The average Bonchev–Trinajstić information content (AvgIpc) is 3.18. The Kier molecular flexibility index (Phi) is 6.46. The highest BCUT2D eigenvalue weighted by Gasteiger charge is 2.03. The number of ether oxygens (including phenoxy) is 1. The highest BCUT2D eigenvalue weighted by molar-refractivity contribution is 5.79. The summed E-state index contributed by atoms with van der Waals surface area (Å²) >= 11 is 0. The lowest BCUT2D eigenvalue weighted by Gasteiger charge is -2.12. The molecule has 0 aliphatic heterocycles. The van der Waals surface area contributed by atoms with E-state index >= 15 is 0 Å². The highest BCUT2D eigenvalue weighted by atomic mass is 16.5. The minimum absolute atomic E-state index is 0.562. The molecule has 0 unspecified atom stereocenters. The number of aryl methyl sites for hydroxylation is 1. The Balaban J connectivity index is 1.41. The molecule has 0 radical (unpaired) electrons. The van der Waals surface area contributed by atoms with Crippen LogP contribution in [0.25, 0.3) is 5.69 Å². The fraction of sp³-hybridized carbons (Fsp3) is 0.238. The van der Waals surface area contributed by atoms with Crippen LogP contribution in [0.2, 0.25) is 0 Å². The molecule has 3 rings (SSSR count). The summed E-state index contributed by atoms with van der Waals surface area (Å²) in [5.74, 6) is 1.59. The number of aliphatic imine (C=N–C) groups is 1. The molecular formula is C21H25N5O. The van der Waals surface area contributed by atoms with Gasteiger partial charge < -0.3 is 15.4 Å². The molecule has 0 bridgehead atoms. The average molecular weight is 363 g/mol. The summed E-state index contributed by atoms with van der Waals surface area (Å²) in [5.41, 5.74) is 3.21. The molecule has 27 heavy (non-hydrogen) atoms. The van der Waals surface area contributed by atoms with Crippen LogP contribution in [-0.4, -0.2) is 35.9 Å². The monoisotopic (exact) mass is 363 g/mol. The van der Waals surface area contributed by atoms with Gasteiger partial charge in [0.05, 0.1) is 24.5 Å². The van der Waals surface area contributed by atoms with E-state index < -0.39 is 0 Å². The number of para-hydroxylation sites is 1. The summed E-state index contributed by atoms with van der Waals surface area (Å²) in [6, 6.07) is 20.1. The first-order chi connectivity index (χ1) is 13.2. The van der Waals surface area contributed by atoms with E-state index in [2.05, 4.69) is 27.6 Å². The molecule has 0 saturated carbocycles. The van der Waals surface area contributed by atoms with Crippen molar-refractivity contribution in [3.8, 4) is 11.4 Å². The Labute approximate surface area is 159 Å². The zero-order valence-corrected chi connectivity index (χ0v) is 15.7. The van der Waals surface area contributed by atoms with Gasteiger partial charge in [0, 0.05) is 13.2 Å². The number of rotatable bonds is 7. The number of guanidine groups is 1. The molecule has 0 atom stereocenters. The molecule has 1 aromatic heterocycles. The number of aromatic nitrogens is 2. The van der Waals surface area contributed by atoms with Crippen molar-refractivity contribution in [1.29, 1.82) is 0 Å². The summed E-state index contributed by atoms with van der Waals surface area (Å²) < 4.78 is 7.57. The Morgan fingerprint density at radius 3 is 2.56 bits per heavy atom. The number of nitrogens with one attached hydrogen (secondary N) is 2. The molecule has 0 amide bonds. The molecule has 2 N–H and O–H groups in total. The normalized spacial score (nSPS) is 11.3. The van der Waals surface area contributed by atoms with Crippen LogP contribution < -0.4 is 15.4 Å². The summed E-state index contributed by atoms with van der Waals surface area (Å²) in [5, 5.41) is 11.1. The lowest BCUT2D eigenvalue weighted by molar-refractivity contribution is 0.322. The van der Waals surface area contributed by atoms with Crippen molar-refractivity contribution < 1.29 is 4.74 Å². The first-order valence-electron chi connectivity index (χ1n) is 8.98. The maximum absolute atomic E-state index is 5.71. The van der Waals surface area contributed by atoms with Crippen molar-refractivity contribution in [2.24, 2.45) is 4.99 Å². The van der Waals surface area contributed by atoms with E-state index in [9.17, 15) is 0 Å². The summed E-state index contributed by atoms with van der Waals surface area (Å²) in [7, 11) is 1.75. The smallest absolute Gasteiger partial charge is 0.191 e.